The molecule has 0 aromatic carbocycles. The van der Waals surface area contributed by atoms with E-state index in [1.807, 2.05) is 13.8 Å². The van der Waals surface area contributed by atoms with Gasteiger partial charge in [-0.25, -0.2) is 0 Å². The van der Waals surface area contributed by atoms with Crippen LogP contribution in [0.15, 0.2) is 4.34 Å². The highest BCUT2D eigenvalue weighted by Crippen LogP contribution is 2.40. The number of hydrogen-bond acceptors (Lipinski definition) is 6. The van der Waals surface area contributed by atoms with E-state index in [2.05, 4.69) is 21.6 Å². The summed E-state index contributed by atoms with van der Waals surface area (Å²) in [6.45, 7) is 4.87. The standard InChI is InChI=1S/C11H16N4S2/c1-3-13-11(7-12)5-4-9(6-11)17-10-15-14-8(2)16-10/h9,13H,3-6H2,1-2H3. The van der Waals surface area contributed by atoms with E-state index in [9.17, 15) is 5.26 Å². The van der Waals surface area contributed by atoms with E-state index < -0.39 is 0 Å². The number of aromatic nitrogens is 2. The van der Waals surface area contributed by atoms with E-state index in [0.29, 0.717) is 5.25 Å². The first-order chi connectivity index (χ1) is 8.17. The maximum Gasteiger partial charge on any atom is 0.174 e. The molecule has 2 unspecified atom stereocenters. The van der Waals surface area contributed by atoms with Crippen LogP contribution in [0.25, 0.3) is 0 Å². The topological polar surface area (TPSA) is 61.6 Å². The Morgan fingerprint density at radius 1 is 1.65 bits per heavy atom. The lowest BCUT2D eigenvalue weighted by molar-refractivity contribution is 0.436. The summed E-state index contributed by atoms with van der Waals surface area (Å²) in [5.74, 6) is 0. The Kier molecular flexibility index (Phi) is 4.02. The van der Waals surface area contributed by atoms with E-state index in [-0.39, 0.29) is 5.54 Å². The highest BCUT2D eigenvalue weighted by atomic mass is 32.2. The lowest BCUT2D eigenvalue weighted by Gasteiger charge is -2.21. The van der Waals surface area contributed by atoms with Gasteiger partial charge in [0.05, 0.1) is 6.07 Å². The highest BCUT2D eigenvalue weighted by Gasteiger charge is 2.39. The first-order valence-electron chi connectivity index (χ1n) is 5.80. The molecule has 0 aliphatic heterocycles. The predicted octanol–water partition coefficient (Wildman–Crippen LogP) is 2.36. The van der Waals surface area contributed by atoms with Gasteiger partial charge in [-0.05, 0) is 32.7 Å². The van der Waals surface area contributed by atoms with Gasteiger partial charge in [-0.15, -0.1) is 10.2 Å². The van der Waals surface area contributed by atoms with Crippen molar-refractivity contribution in [3.8, 4) is 6.07 Å². The van der Waals surface area contributed by atoms with Crippen LogP contribution in [0.1, 0.15) is 31.2 Å². The number of aryl methyl sites for hydroxylation is 1. The molecule has 0 spiro atoms. The third-order valence-corrected chi connectivity index (χ3v) is 5.16. The summed E-state index contributed by atoms with van der Waals surface area (Å²) in [6.07, 6.45) is 2.91. The van der Waals surface area contributed by atoms with Crippen molar-refractivity contribution >= 4 is 23.1 Å². The molecule has 0 saturated heterocycles. The molecule has 1 heterocycles. The van der Waals surface area contributed by atoms with Gasteiger partial charge in [0.15, 0.2) is 4.34 Å². The maximum atomic E-state index is 9.29. The second kappa shape index (κ2) is 5.34. The fraction of sp³-hybridized carbons (Fsp3) is 0.727. The lowest BCUT2D eigenvalue weighted by atomic mass is 10.0. The van der Waals surface area contributed by atoms with Crippen molar-refractivity contribution in [2.24, 2.45) is 0 Å². The minimum Gasteiger partial charge on any atom is -0.300 e. The zero-order valence-electron chi connectivity index (χ0n) is 10.1. The summed E-state index contributed by atoms with van der Waals surface area (Å²) in [5, 5.41) is 22.2. The monoisotopic (exact) mass is 268 g/mol. The van der Waals surface area contributed by atoms with Gasteiger partial charge in [0, 0.05) is 5.25 Å². The second-order valence-corrected chi connectivity index (χ2v) is 7.02. The minimum atomic E-state index is -0.313. The molecule has 1 fully saturated rings. The van der Waals surface area contributed by atoms with Crippen LogP contribution in [-0.4, -0.2) is 27.5 Å². The molecule has 17 heavy (non-hydrogen) atoms. The molecule has 1 aromatic heterocycles. The number of nitrogens with zero attached hydrogens (tertiary/aromatic N) is 3. The fourth-order valence-electron chi connectivity index (χ4n) is 2.21. The second-order valence-electron chi connectivity index (χ2n) is 4.29. The van der Waals surface area contributed by atoms with E-state index >= 15 is 0 Å². The Labute approximate surface area is 110 Å². The van der Waals surface area contributed by atoms with Gasteiger partial charge in [0.1, 0.15) is 10.5 Å². The Balaban J connectivity index is 1.96. The predicted molar refractivity (Wildman–Crippen MR) is 70.2 cm³/mol. The van der Waals surface area contributed by atoms with Crippen molar-refractivity contribution in [3.05, 3.63) is 5.01 Å². The molecule has 2 rings (SSSR count). The lowest BCUT2D eigenvalue weighted by Crippen LogP contribution is -2.41. The summed E-state index contributed by atoms with van der Waals surface area (Å²) >= 11 is 3.40. The molecule has 1 saturated carbocycles. The van der Waals surface area contributed by atoms with Gasteiger partial charge in [-0.1, -0.05) is 30.0 Å². The third-order valence-electron chi connectivity index (χ3n) is 2.97. The van der Waals surface area contributed by atoms with Crippen LogP contribution in [-0.2, 0) is 0 Å². The van der Waals surface area contributed by atoms with Crippen molar-refractivity contribution < 1.29 is 0 Å². The van der Waals surface area contributed by atoms with Gasteiger partial charge >= 0.3 is 0 Å². The fourth-order valence-corrected chi connectivity index (χ4v) is 4.56. The van der Waals surface area contributed by atoms with Gasteiger partial charge < -0.3 is 0 Å². The summed E-state index contributed by atoms with van der Waals surface area (Å²) in [5.41, 5.74) is -0.313. The highest BCUT2D eigenvalue weighted by molar-refractivity contribution is 8.01. The number of hydrogen-bond donors (Lipinski definition) is 1. The average molecular weight is 268 g/mol. The number of thioether (sulfide) groups is 1. The van der Waals surface area contributed by atoms with Crippen LogP contribution in [0.3, 0.4) is 0 Å². The molecule has 1 aliphatic carbocycles. The quantitative estimate of drug-likeness (QED) is 0.908. The number of rotatable bonds is 4. The molecule has 1 aromatic rings. The first kappa shape index (κ1) is 12.8. The normalized spacial score (nSPS) is 28.2. The molecule has 92 valence electrons. The van der Waals surface area contributed by atoms with Crippen LogP contribution >= 0.6 is 23.1 Å². The number of nitriles is 1. The minimum absolute atomic E-state index is 0.313. The van der Waals surface area contributed by atoms with Crippen LogP contribution < -0.4 is 5.32 Å². The number of nitrogens with one attached hydrogen (secondary N) is 1. The molecule has 1 N–H and O–H groups in total. The molecule has 0 radical (unpaired) electrons. The van der Waals surface area contributed by atoms with Crippen molar-refractivity contribution in [2.45, 2.75) is 48.2 Å². The third kappa shape index (κ3) is 2.97. The first-order valence-corrected chi connectivity index (χ1v) is 7.50. The van der Waals surface area contributed by atoms with Crippen LogP contribution in [0.5, 0.6) is 0 Å². The van der Waals surface area contributed by atoms with Crippen molar-refractivity contribution in [1.82, 2.24) is 15.5 Å². The molecule has 1 aliphatic rings. The van der Waals surface area contributed by atoms with Gasteiger partial charge in [0.25, 0.3) is 0 Å². The summed E-state index contributed by atoms with van der Waals surface area (Å²) < 4.78 is 1.03. The Bertz CT molecular complexity index is 425. The average Bonchev–Trinajstić information content (AvgIpc) is 2.88. The Morgan fingerprint density at radius 2 is 2.47 bits per heavy atom. The molecule has 0 amide bonds. The van der Waals surface area contributed by atoms with Gasteiger partial charge in [0.2, 0.25) is 0 Å². The molecule has 0 bridgehead atoms. The molecular formula is C11H16N4S2. The van der Waals surface area contributed by atoms with Crippen LogP contribution in [0.2, 0.25) is 0 Å². The summed E-state index contributed by atoms with van der Waals surface area (Å²) in [6, 6.07) is 2.44. The molecule has 6 heteroatoms. The summed E-state index contributed by atoms with van der Waals surface area (Å²) in [7, 11) is 0. The van der Waals surface area contributed by atoms with E-state index in [0.717, 1.165) is 35.2 Å². The van der Waals surface area contributed by atoms with Crippen LogP contribution in [0, 0.1) is 18.3 Å². The van der Waals surface area contributed by atoms with Crippen LogP contribution in [0.4, 0.5) is 0 Å². The molecular weight excluding hydrogens is 252 g/mol. The van der Waals surface area contributed by atoms with E-state index in [4.69, 9.17) is 0 Å². The van der Waals surface area contributed by atoms with Gasteiger partial charge in [-0.3, -0.25) is 5.32 Å². The van der Waals surface area contributed by atoms with Crippen molar-refractivity contribution in [2.75, 3.05) is 6.54 Å². The van der Waals surface area contributed by atoms with Gasteiger partial charge in [-0.2, -0.15) is 5.26 Å². The maximum absolute atomic E-state index is 9.29. The van der Waals surface area contributed by atoms with E-state index in [1.165, 1.54) is 0 Å². The van der Waals surface area contributed by atoms with E-state index in [1.54, 1.807) is 23.1 Å². The Hall–Kier alpha value is -0.640. The SMILES string of the molecule is CCNC1(C#N)CCC(Sc2nnc(C)s2)C1. The Morgan fingerprint density at radius 3 is 3.06 bits per heavy atom. The molecule has 4 nitrogen and oxygen atoms in total. The molecule has 2 atom stereocenters. The largest absolute Gasteiger partial charge is 0.300 e. The van der Waals surface area contributed by atoms with Crippen molar-refractivity contribution in [1.29, 1.82) is 5.26 Å². The zero-order valence-corrected chi connectivity index (χ0v) is 11.7. The summed E-state index contributed by atoms with van der Waals surface area (Å²) in [4.78, 5) is 0. The smallest absolute Gasteiger partial charge is 0.174 e. The zero-order chi connectivity index (χ0) is 12.3. The van der Waals surface area contributed by atoms with Crippen molar-refractivity contribution in [3.63, 3.8) is 0 Å².